The molecule has 0 aromatic heterocycles. The van der Waals surface area contributed by atoms with E-state index in [9.17, 15) is 0 Å². The van der Waals surface area contributed by atoms with Crippen molar-refractivity contribution in [3.8, 4) is 39.1 Å². The van der Waals surface area contributed by atoms with E-state index in [0.29, 0.717) is 6.61 Å². The van der Waals surface area contributed by atoms with Gasteiger partial charge < -0.3 is 4.74 Å². The summed E-state index contributed by atoms with van der Waals surface area (Å²) in [7, 11) is 0. The minimum absolute atomic E-state index is 0.129. The van der Waals surface area contributed by atoms with Crippen LogP contribution < -0.4 is 4.74 Å². The molecule has 8 aromatic carbocycles. The lowest BCUT2D eigenvalue weighted by Crippen LogP contribution is -2.16. The van der Waals surface area contributed by atoms with E-state index in [2.05, 4.69) is 184 Å². The molecule has 268 valence electrons. The van der Waals surface area contributed by atoms with Crippen LogP contribution in [0.25, 0.3) is 77.3 Å². The fraction of sp³-hybridized carbons (Fsp3) is 0.127. The second-order valence-electron chi connectivity index (χ2n) is 16.2. The molecule has 0 atom stereocenters. The van der Waals surface area contributed by atoms with E-state index < -0.39 is 0 Å². The number of aryl methyl sites for hydroxylation is 1. The normalized spacial score (nSPS) is 16.4. The summed E-state index contributed by atoms with van der Waals surface area (Å²) in [6.45, 7) is 5.39. The van der Waals surface area contributed by atoms with Gasteiger partial charge in [-0.1, -0.05) is 166 Å². The molecule has 1 heteroatoms. The van der Waals surface area contributed by atoms with E-state index in [1.807, 2.05) is 0 Å². The fourth-order valence-electron chi connectivity index (χ4n) is 10.1. The molecule has 0 bridgehead atoms. The van der Waals surface area contributed by atoms with E-state index in [-0.39, 0.29) is 5.41 Å². The summed E-state index contributed by atoms with van der Waals surface area (Å²) < 4.78 is 6.31. The highest BCUT2D eigenvalue weighted by Crippen LogP contribution is 2.54. The number of fused-ring (bicyclic) bond motifs is 10. The smallest absolute Gasteiger partial charge is 0.123 e. The molecule has 11 rings (SSSR count). The minimum Gasteiger partial charge on any atom is -0.489 e. The molecule has 3 aliphatic rings. The third kappa shape index (κ3) is 5.07. The maximum absolute atomic E-state index is 6.31. The van der Waals surface area contributed by atoms with Crippen LogP contribution in [-0.2, 0) is 18.3 Å². The van der Waals surface area contributed by atoms with Crippen LogP contribution in [0.3, 0.4) is 0 Å². The molecule has 0 amide bonds. The SMILES string of the molecule is CC1(C)c2ccc(C3=Cc4ccc(-c5c6ccccc6c(-c6ccccc6)c6ccccc56)cc4CC3)cc2-c2ccc3ccc4c(c3c21)C/C=C\C=C/CO4. The number of rotatable bonds is 3. The van der Waals surface area contributed by atoms with E-state index in [1.54, 1.807) is 0 Å². The lowest BCUT2D eigenvalue weighted by molar-refractivity contribution is 0.360. The highest BCUT2D eigenvalue weighted by Gasteiger charge is 2.38. The third-order valence-electron chi connectivity index (χ3n) is 12.7. The van der Waals surface area contributed by atoms with Gasteiger partial charge in [-0.2, -0.15) is 0 Å². The molecule has 0 N–H and O–H groups in total. The number of ether oxygens (including phenoxy) is 1. The Bertz CT molecular complexity index is 2950. The van der Waals surface area contributed by atoms with Gasteiger partial charge in [0.25, 0.3) is 0 Å². The van der Waals surface area contributed by atoms with Gasteiger partial charge in [0.15, 0.2) is 0 Å². The fourth-order valence-corrected chi connectivity index (χ4v) is 10.1. The molecule has 56 heavy (non-hydrogen) atoms. The van der Waals surface area contributed by atoms with Crippen molar-refractivity contribution in [3.05, 3.63) is 197 Å². The average Bonchev–Trinajstić information content (AvgIpc) is 3.54. The zero-order chi connectivity index (χ0) is 37.4. The van der Waals surface area contributed by atoms with E-state index in [4.69, 9.17) is 4.74 Å². The Labute approximate surface area is 328 Å². The summed E-state index contributed by atoms with van der Waals surface area (Å²) in [5, 5.41) is 7.83. The largest absolute Gasteiger partial charge is 0.489 e. The first-order chi connectivity index (χ1) is 27.5. The maximum atomic E-state index is 6.31. The molecular formula is C55H42O. The van der Waals surface area contributed by atoms with Gasteiger partial charge in [0, 0.05) is 11.0 Å². The second-order valence-corrected chi connectivity index (χ2v) is 16.2. The van der Waals surface area contributed by atoms with Crippen LogP contribution >= 0.6 is 0 Å². The van der Waals surface area contributed by atoms with Crippen LogP contribution in [0.15, 0.2) is 164 Å². The number of benzene rings is 8. The summed E-state index contributed by atoms with van der Waals surface area (Å²) in [5.74, 6) is 0.995. The highest BCUT2D eigenvalue weighted by molar-refractivity contribution is 6.21. The molecule has 8 aromatic rings. The van der Waals surface area contributed by atoms with Gasteiger partial charge in [-0.15, -0.1) is 0 Å². The molecule has 0 saturated heterocycles. The van der Waals surface area contributed by atoms with Crippen molar-refractivity contribution in [2.75, 3.05) is 6.61 Å². The summed E-state index contributed by atoms with van der Waals surface area (Å²) in [6.07, 6.45) is 13.9. The molecule has 0 saturated carbocycles. The number of hydrogen-bond acceptors (Lipinski definition) is 1. The summed E-state index contributed by atoms with van der Waals surface area (Å²) >= 11 is 0. The Balaban J connectivity index is 1.00. The summed E-state index contributed by atoms with van der Waals surface area (Å²) in [6, 6.07) is 52.3. The molecule has 0 radical (unpaired) electrons. The average molecular weight is 719 g/mol. The van der Waals surface area contributed by atoms with Gasteiger partial charge in [0.2, 0.25) is 0 Å². The molecule has 0 spiro atoms. The molecule has 1 aliphatic heterocycles. The Morgan fingerprint density at radius 2 is 1.23 bits per heavy atom. The lowest BCUT2D eigenvalue weighted by Gasteiger charge is -2.25. The van der Waals surface area contributed by atoms with Gasteiger partial charge in [-0.05, 0) is 137 Å². The minimum atomic E-state index is -0.129. The van der Waals surface area contributed by atoms with Crippen molar-refractivity contribution >= 4 is 44.0 Å². The van der Waals surface area contributed by atoms with Gasteiger partial charge >= 0.3 is 0 Å². The first kappa shape index (κ1) is 32.9. The molecule has 1 heterocycles. The highest BCUT2D eigenvalue weighted by atomic mass is 16.5. The molecule has 0 unspecified atom stereocenters. The Hall–Kier alpha value is -6.44. The van der Waals surface area contributed by atoms with Crippen LogP contribution in [0.2, 0.25) is 0 Å². The lowest BCUT2D eigenvalue weighted by atomic mass is 9.78. The van der Waals surface area contributed by atoms with Crippen molar-refractivity contribution in [2.24, 2.45) is 0 Å². The zero-order valence-corrected chi connectivity index (χ0v) is 31.9. The summed E-state index contributed by atoms with van der Waals surface area (Å²) in [5.41, 5.74) is 17.4. The molecular weight excluding hydrogens is 677 g/mol. The number of allylic oxidation sites excluding steroid dienone is 4. The van der Waals surface area contributed by atoms with Gasteiger partial charge in [0.05, 0.1) is 0 Å². The monoisotopic (exact) mass is 718 g/mol. The summed E-state index contributed by atoms with van der Waals surface area (Å²) in [4.78, 5) is 0. The molecule has 2 aliphatic carbocycles. The first-order valence-electron chi connectivity index (χ1n) is 20.1. The third-order valence-corrected chi connectivity index (χ3v) is 12.7. The van der Waals surface area contributed by atoms with Crippen molar-refractivity contribution in [2.45, 2.75) is 38.5 Å². The standard InChI is InChI=1S/C55H42O/c1-55(2)49-29-26-40(34-48(49)46-28-25-36-27-30-50-47(53(36)54(46)55)20-8-3-4-13-31-56-50)38-21-22-39-33-41(24-23-37(39)32-38)52-44-18-11-9-16-42(44)51(35-14-6-5-7-15-35)43-17-10-12-19-45(43)52/h3-19,23-30,32-34H,20-22,31H2,1-2H3/b8-3-,13-4-. The predicted octanol–water partition coefficient (Wildman–Crippen LogP) is 14.3. The van der Waals surface area contributed by atoms with E-state index in [1.165, 1.54) is 105 Å². The Morgan fingerprint density at radius 1 is 0.554 bits per heavy atom. The Morgan fingerprint density at radius 3 is 2.00 bits per heavy atom. The maximum Gasteiger partial charge on any atom is 0.123 e. The van der Waals surface area contributed by atoms with Gasteiger partial charge in [0.1, 0.15) is 12.4 Å². The van der Waals surface area contributed by atoms with Crippen LogP contribution in [0.5, 0.6) is 5.75 Å². The first-order valence-corrected chi connectivity index (χ1v) is 20.1. The van der Waals surface area contributed by atoms with Crippen LogP contribution in [0.1, 0.15) is 53.6 Å². The molecule has 0 fully saturated rings. The number of hydrogen-bond donors (Lipinski definition) is 0. The van der Waals surface area contributed by atoms with Gasteiger partial charge in [-0.25, -0.2) is 0 Å². The molecule has 1 nitrogen and oxygen atoms in total. The predicted molar refractivity (Wildman–Crippen MR) is 238 cm³/mol. The van der Waals surface area contributed by atoms with E-state index >= 15 is 0 Å². The topological polar surface area (TPSA) is 9.23 Å². The van der Waals surface area contributed by atoms with Crippen LogP contribution in [0.4, 0.5) is 0 Å². The zero-order valence-electron chi connectivity index (χ0n) is 31.9. The van der Waals surface area contributed by atoms with Gasteiger partial charge in [-0.3, -0.25) is 0 Å². The second kappa shape index (κ2) is 12.8. The Kier molecular flexibility index (Phi) is 7.54. The van der Waals surface area contributed by atoms with Crippen molar-refractivity contribution in [1.82, 2.24) is 0 Å². The van der Waals surface area contributed by atoms with Crippen LogP contribution in [0, 0.1) is 0 Å². The van der Waals surface area contributed by atoms with E-state index in [0.717, 1.165) is 25.0 Å². The van der Waals surface area contributed by atoms with Crippen molar-refractivity contribution < 1.29 is 4.74 Å². The van der Waals surface area contributed by atoms with Crippen LogP contribution in [-0.4, -0.2) is 6.61 Å². The van der Waals surface area contributed by atoms with Crippen molar-refractivity contribution in [1.29, 1.82) is 0 Å². The van der Waals surface area contributed by atoms with Crippen molar-refractivity contribution in [3.63, 3.8) is 0 Å². The quantitative estimate of drug-likeness (QED) is 0.165.